The van der Waals surface area contributed by atoms with Gasteiger partial charge in [-0.3, -0.25) is 4.79 Å². The summed E-state index contributed by atoms with van der Waals surface area (Å²) in [6.45, 7) is 6.01. The van der Waals surface area contributed by atoms with Gasteiger partial charge in [0.25, 0.3) is 5.91 Å². The minimum Gasteiger partial charge on any atom is -0.381 e. The number of likely N-dealkylation sites (tertiary alicyclic amines) is 1. The molecule has 1 aromatic rings. The predicted octanol–water partition coefficient (Wildman–Crippen LogP) is 3.31. The highest BCUT2D eigenvalue weighted by atomic mass is 16.2. The van der Waals surface area contributed by atoms with Gasteiger partial charge in [0, 0.05) is 19.1 Å². The molecule has 0 spiro atoms. The second-order valence-corrected chi connectivity index (χ2v) is 5.59. The van der Waals surface area contributed by atoms with Crippen LogP contribution >= 0.6 is 0 Å². The summed E-state index contributed by atoms with van der Waals surface area (Å²) in [5.74, 6) is 0.0713. The first kappa shape index (κ1) is 14.8. The van der Waals surface area contributed by atoms with Crippen LogP contribution in [0, 0.1) is 0 Å². The monoisotopic (exact) mass is 275 g/mol. The Labute approximate surface area is 121 Å². The van der Waals surface area contributed by atoms with Crippen molar-refractivity contribution in [1.29, 1.82) is 0 Å². The molecule has 4 nitrogen and oxygen atoms in total. The molecule has 20 heavy (non-hydrogen) atoms. The van der Waals surface area contributed by atoms with Crippen molar-refractivity contribution < 1.29 is 4.79 Å². The van der Waals surface area contributed by atoms with Gasteiger partial charge in [-0.25, -0.2) is 4.98 Å². The lowest BCUT2D eigenvalue weighted by Gasteiger charge is -2.20. The Balaban J connectivity index is 1.99. The molecule has 1 fully saturated rings. The van der Waals surface area contributed by atoms with Gasteiger partial charge in [0.05, 0.1) is 11.9 Å². The maximum atomic E-state index is 12.4. The van der Waals surface area contributed by atoms with Crippen LogP contribution in [-0.2, 0) is 0 Å². The number of nitrogens with one attached hydrogen (secondary N) is 1. The van der Waals surface area contributed by atoms with Crippen LogP contribution in [0.25, 0.3) is 0 Å². The first-order valence-electron chi connectivity index (χ1n) is 7.72. The topological polar surface area (TPSA) is 45.2 Å². The van der Waals surface area contributed by atoms with E-state index in [4.69, 9.17) is 0 Å². The number of rotatable bonds is 4. The van der Waals surface area contributed by atoms with Crippen molar-refractivity contribution in [3.05, 3.63) is 24.0 Å². The van der Waals surface area contributed by atoms with Gasteiger partial charge in [-0.05, 0) is 38.3 Å². The first-order chi connectivity index (χ1) is 9.70. The fraction of sp³-hybridized carbons (Fsp3) is 0.625. The Morgan fingerprint density at radius 2 is 2.00 bits per heavy atom. The third-order valence-electron chi connectivity index (χ3n) is 3.90. The number of amides is 1. The molecular formula is C16H25N3O. The van der Waals surface area contributed by atoms with Crippen LogP contribution in [0.2, 0.25) is 0 Å². The lowest BCUT2D eigenvalue weighted by atomic mass is 10.2. The molecule has 0 aliphatic carbocycles. The SMILES string of the molecule is CCC(C)Nc1ccc(C(=O)N2CCCCCC2)nc1. The van der Waals surface area contributed by atoms with Crippen molar-refractivity contribution in [1.82, 2.24) is 9.88 Å². The van der Waals surface area contributed by atoms with Crippen LogP contribution in [0.4, 0.5) is 5.69 Å². The van der Waals surface area contributed by atoms with E-state index in [0.29, 0.717) is 11.7 Å². The normalized spacial score (nSPS) is 17.4. The zero-order valence-electron chi connectivity index (χ0n) is 12.6. The standard InChI is InChI=1S/C16H25N3O/c1-3-13(2)18-14-8-9-15(17-12-14)16(20)19-10-6-4-5-7-11-19/h8-9,12-13,18H,3-7,10-11H2,1-2H3. The average molecular weight is 275 g/mol. The Bertz CT molecular complexity index is 422. The average Bonchev–Trinajstić information content (AvgIpc) is 2.76. The van der Waals surface area contributed by atoms with Crippen LogP contribution in [0.3, 0.4) is 0 Å². The molecule has 4 heteroatoms. The number of hydrogen-bond acceptors (Lipinski definition) is 3. The van der Waals surface area contributed by atoms with E-state index in [2.05, 4.69) is 24.1 Å². The van der Waals surface area contributed by atoms with Crippen molar-refractivity contribution in [2.24, 2.45) is 0 Å². The summed E-state index contributed by atoms with van der Waals surface area (Å²) in [4.78, 5) is 18.6. The number of nitrogens with zero attached hydrogens (tertiary/aromatic N) is 2. The molecule has 1 N–H and O–H groups in total. The Morgan fingerprint density at radius 3 is 2.55 bits per heavy atom. The van der Waals surface area contributed by atoms with Crippen molar-refractivity contribution in [2.45, 2.75) is 52.0 Å². The second-order valence-electron chi connectivity index (χ2n) is 5.59. The van der Waals surface area contributed by atoms with E-state index < -0.39 is 0 Å². The summed E-state index contributed by atoms with van der Waals surface area (Å²) in [7, 11) is 0. The van der Waals surface area contributed by atoms with Crippen molar-refractivity contribution in [2.75, 3.05) is 18.4 Å². The third-order valence-corrected chi connectivity index (χ3v) is 3.90. The number of hydrogen-bond donors (Lipinski definition) is 1. The quantitative estimate of drug-likeness (QED) is 0.917. The Morgan fingerprint density at radius 1 is 1.30 bits per heavy atom. The number of anilines is 1. The van der Waals surface area contributed by atoms with E-state index in [9.17, 15) is 4.79 Å². The van der Waals surface area contributed by atoms with E-state index in [1.54, 1.807) is 6.20 Å². The van der Waals surface area contributed by atoms with E-state index in [0.717, 1.165) is 38.0 Å². The number of pyridine rings is 1. The summed E-state index contributed by atoms with van der Waals surface area (Å²) in [5.41, 5.74) is 1.54. The van der Waals surface area contributed by atoms with Crippen LogP contribution in [0.15, 0.2) is 18.3 Å². The molecule has 1 unspecified atom stereocenters. The van der Waals surface area contributed by atoms with Gasteiger partial charge in [-0.2, -0.15) is 0 Å². The third kappa shape index (κ3) is 3.95. The van der Waals surface area contributed by atoms with Crippen LogP contribution in [0.1, 0.15) is 56.4 Å². The highest BCUT2D eigenvalue weighted by molar-refractivity contribution is 5.92. The van der Waals surface area contributed by atoms with Gasteiger partial charge in [0.1, 0.15) is 5.69 Å². The van der Waals surface area contributed by atoms with Gasteiger partial charge >= 0.3 is 0 Å². The second kappa shape index (κ2) is 7.27. The van der Waals surface area contributed by atoms with Gasteiger partial charge in [-0.1, -0.05) is 19.8 Å². The number of carbonyl (C=O) groups excluding carboxylic acids is 1. The Kier molecular flexibility index (Phi) is 5.39. The molecule has 1 atom stereocenters. The summed E-state index contributed by atoms with van der Waals surface area (Å²) in [6.07, 6.45) is 7.51. The van der Waals surface area contributed by atoms with Crippen molar-refractivity contribution in [3.63, 3.8) is 0 Å². The minimum atomic E-state index is 0.0713. The van der Waals surface area contributed by atoms with Crippen molar-refractivity contribution in [3.8, 4) is 0 Å². The Hall–Kier alpha value is -1.58. The first-order valence-corrected chi connectivity index (χ1v) is 7.72. The molecule has 1 aliphatic rings. The highest BCUT2D eigenvalue weighted by Crippen LogP contribution is 2.14. The van der Waals surface area contributed by atoms with Crippen molar-refractivity contribution >= 4 is 11.6 Å². The molecule has 110 valence electrons. The minimum absolute atomic E-state index is 0.0713. The number of aromatic nitrogens is 1. The highest BCUT2D eigenvalue weighted by Gasteiger charge is 2.18. The predicted molar refractivity (Wildman–Crippen MR) is 82.0 cm³/mol. The van der Waals surface area contributed by atoms with Gasteiger partial charge in [0.2, 0.25) is 0 Å². The van der Waals surface area contributed by atoms with Crippen LogP contribution in [-0.4, -0.2) is 34.9 Å². The zero-order chi connectivity index (χ0) is 14.4. The van der Waals surface area contributed by atoms with Crippen LogP contribution < -0.4 is 5.32 Å². The summed E-state index contributed by atoms with van der Waals surface area (Å²) < 4.78 is 0. The lowest BCUT2D eigenvalue weighted by Crippen LogP contribution is -2.32. The molecule has 0 radical (unpaired) electrons. The van der Waals surface area contributed by atoms with Crippen LogP contribution in [0.5, 0.6) is 0 Å². The molecule has 2 rings (SSSR count). The molecule has 0 saturated carbocycles. The molecule has 2 heterocycles. The summed E-state index contributed by atoms with van der Waals surface area (Å²) in [6, 6.07) is 4.20. The van der Waals surface area contributed by atoms with Gasteiger partial charge in [-0.15, -0.1) is 0 Å². The molecular weight excluding hydrogens is 250 g/mol. The molecule has 0 aromatic carbocycles. The van der Waals surface area contributed by atoms with E-state index in [1.807, 2.05) is 17.0 Å². The number of carbonyl (C=O) groups is 1. The lowest BCUT2D eigenvalue weighted by molar-refractivity contribution is 0.0756. The summed E-state index contributed by atoms with van der Waals surface area (Å²) >= 11 is 0. The van der Waals surface area contributed by atoms with E-state index in [1.165, 1.54) is 12.8 Å². The van der Waals surface area contributed by atoms with Gasteiger partial charge in [0.15, 0.2) is 0 Å². The fourth-order valence-electron chi connectivity index (χ4n) is 2.43. The fourth-order valence-corrected chi connectivity index (χ4v) is 2.43. The molecule has 1 amide bonds. The largest absolute Gasteiger partial charge is 0.381 e. The summed E-state index contributed by atoms with van der Waals surface area (Å²) in [5, 5.41) is 3.36. The van der Waals surface area contributed by atoms with E-state index in [-0.39, 0.29) is 5.91 Å². The zero-order valence-corrected chi connectivity index (χ0v) is 12.6. The van der Waals surface area contributed by atoms with E-state index >= 15 is 0 Å². The molecule has 1 saturated heterocycles. The molecule has 1 aliphatic heterocycles. The smallest absolute Gasteiger partial charge is 0.272 e. The molecule has 1 aromatic heterocycles. The maximum absolute atomic E-state index is 12.4. The van der Waals surface area contributed by atoms with Gasteiger partial charge < -0.3 is 10.2 Å². The maximum Gasteiger partial charge on any atom is 0.272 e. The molecule has 0 bridgehead atoms.